The molecule has 1 unspecified atom stereocenters. The Bertz CT molecular complexity index is 894. The van der Waals surface area contributed by atoms with Crippen molar-refractivity contribution in [3.63, 3.8) is 0 Å². The van der Waals surface area contributed by atoms with Crippen LogP contribution in [0.3, 0.4) is 0 Å². The van der Waals surface area contributed by atoms with Gasteiger partial charge >= 0.3 is 0 Å². The van der Waals surface area contributed by atoms with Crippen molar-refractivity contribution in [2.75, 3.05) is 40.0 Å². The summed E-state index contributed by atoms with van der Waals surface area (Å²) in [5.74, 6) is 0.717. The Morgan fingerprint density at radius 1 is 1.21 bits per heavy atom. The number of sulfonamides is 1. The maximum atomic E-state index is 13.0. The number of nitrogens with one attached hydrogen (secondary N) is 1. The van der Waals surface area contributed by atoms with Gasteiger partial charge in [0.15, 0.2) is 0 Å². The Hall–Kier alpha value is -1.87. The standard InChI is InChI=1S/C20H29N3O4S/c1-15-12-17(13-16(2)20(15)26-4)28(24,25)21-14-19(18-6-5-7-22(18)3)23-8-10-27-11-9-23/h5-7,12-13,19,21H,8-11,14H2,1-4H3. The fourth-order valence-electron chi connectivity index (χ4n) is 3.79. The first-order valence-corrected chi connectivity index (χ1v) is 10.9. The molecule has 1 aromatic carbocycles. The zero-order valence-corrected chi connectivity index (χ0v) is 17.8. The molecule has 7 nitrogen and oxygen atoms in total. The van der Waals surface area contributed by atoms with E-state index in [1.807, 2.05) is 43.8 Å². The van der Waals surface area contributed by atoms with Crippen LogP contribution >= 0.6 is 0 Å². The van der Waals surface area contributed by atoms with Gasteiger partial charge in [0, 0.05) is 38.6 Å². The van der Waals surface area contributed by atoms with Crippen LogP contribution in [0.4, 0.5) is 0 Å². The molecule has 1 N–H and O–H groups in total. The van der Waals surface area contributed by atoms with Gasteiger partial charge in [-0.15, -0.1) is 0 Å². The van der Waals surface area contributed by atoms with Gasteiger partial charge in [-0.2, -0.15) is 0 Å². The first kappa shape index (κ1) is 20.9. The van der Waals surface area contributed by atoms with Gasteiger partial charge in [-0.05, 0) is 49.2 Å². The van der Waals surface area contributed by atoms with E-state index in [0.717, 1.165) is 29.9 Å². The summed E-state index contributed by atoms with van der Waals surface area (Å²) in [7, 11) is -0.0692. The second-order valence-electron chi connectivity index (χ2n) is 7.15. The molecule has 0 aliphatic carbocycles. The number of aromatic nitrogens is 1. The molecule has 3 rings (SSSR count). The van der Waals surface area contributed by atoms with E-state index in [-0.39, 0.29) is 10.9 Å². The lowest BCUT2D eigenvalue weighted by molar-refractivity contribution is 0.0158. The zero-order valence-electron chi connectivity index (χ0n) is 16.9. The number of hydrogen-bond acceptors (Lipinski definition) is 5. The summed E-state index contributed by atoms with van der Waals surface area (Å²) in [5.41, 5.74) is 2.68. The minimum atomic E-state index is -3.64. The Kier molecular flexibility index (Phi) is 6.44. The largest absolute Gasteiger partial charge is 0.496 e. The summed E-state index contributed by atoms with van der Waals surface area (Å²) in [6.07, 6.45) is 1.98. The Balaban J connectivity index is 1.83. The van der Waals surface area contributed by atoms with Crippen molar-refractivity contribution in [2.45, 2.75) is 24.8 Å². The number of morpholine rings is 1. The highest BCUT2D eigenvalue weighted by Crippen LogP contribution is 2.27. The molecule has 1 aliphatic heterocycles. The van der Waals surface area contributed by atoms with Gasteiger partial charge in [0.05, 0.1) is 31.3 Å². The van der Waals surface area contributed by atoms with E-state index in [1.165, 1.54) is 0 Å². The van der Waals surface area contributed by atoms with Gasteiger partial charge < -0.3 is 14.0 Å². The summed E-state index contributed by atoms with van der Waals surface area (Å²) in [5, 5.41) is 0. The van der Waals surface area contributed by atoms with E-state index in [2.05, 4.69) is 9.62 Å². The van der Waals surface area contributed by atoms with Gasteiger partial charge in [-0.1, -0.05) is 0 Å². The molecule has 0 amide bonds. The van der Waals surface area contributed by atoms with Gasteiger partial charge in [0.2, 0.25) is 10.0 Å². The van der Waals surface area contributed by atoms with Crippen molar-refractivity contribution in [3.05, 3.63) is 47.3 Å². The van der Waals surface area contributed by atoms with Gasteiger partial charge in [-0.25, -0.2) is 13.1 Å². The lowest BCUT2D eigenvalue weighted by Crippen LogP contribution is -2.44. The molecule has 8 heteroatoms. The summed E-state index contributed by atoms with van der Waals surface area (Å²) in [6, 6.07) is 7.27. The number of methoxy groups -OCH3 is 1. The lowest BCUT2D eigenvalue weighted by atomic mass is 10.1. The topological polar surface area (TPSA) is 72.8 Å². The van der Waals surface area contributed by atoms with E-state index < -0.39 is 10.0 Å². The van der Waals surface area contributed by atoms with Gasteiger partial charge in [-0.3, -0.25) is 4.90 Å². The van der Waals surface area contributed by atoms with Crippen LogP contribution in [-0.4, -0.2) is 57.8 Å². The van der Waals surface area contributed by atoms with Crippen LogP contribution in [0.25, 0.3) is 0 Å². The molecule has 1 aromatic heterocycles. The molecular weight excluding hydrogens is 378 g/mol. The van der Waals surface area contributed by atoms with Crippen molar-refractivity contribution in [2.24, 2.45) is 7.05 Å². The van der Waals surface area contributed by atoms with Crippen LogP contribution in [0.5, 0.6) is 5.75 Å². The molecule has 154 valence electrons. The summed E-state index contributed by atoms with van der Waals surface area (Å²) in [4.78, 5) is 2.53. The third-order valence-corrected chi connectivity index (χ3v) is 6.63. The molecule has 28 heavy (non-hydrogen) atoms. The molecule has 0 radical (unpaired) electrons. The van der Waals surface area contributed by atoms with Crippen LogP contribution in [0.15, 0.2) is 35.4 Å². The normalized spacial score (nSPS) is 16.9. The predicted octanol–water partition coefficient (Wildman–Crippen LogP) is 2.00. The van der Waals surface area contributed by atoms with Crippen LogP contribution in [0.1, 0.15) is 22.9 Å². The van der Waals surface area contributed by atoms with Crippen LogP contribution in [0.2, 0.25) is 0 Å². The fourth-order valence-corrected chi connectivity index (χ4v) is 5.00. The first-order valence-electron chi connectivity index (χ1n) is 9.41. The summed E-state index contributed by atoms with van der Waals surface area (Å²) >= 11 is 0. The average molecular weight is 408 g/mol. The highest BCUT2D eigenvalue weighted by molar-refractivity contribution is 7.89. The maximum absolute atomic E-state index is 13.0. The molecule has 1 saturated heterocycles. The molecule has 2 heterocycles. The zero-order chi connectivity index (χ0) is 20.3. The van der Waals surface area contributed by atoms with E-state index in [0.29, 0.717) is 25.5 Å². The minimum Gasteiger partial charge on any atom is -0.496 e. The SMILES string of the molecule is COc1c(C)cc(S(=O)(=O)NCC(c2cccn2C)N2CCOCC2)cc1C. The molecular formula is C20H29N3O4S. The third-order valence-electron chi connectivity index (χ3n) is 5.23. The van der Waals surface area contributed by atoms with Crippen molar-refractivity contribution in [1.29, 1.82) is 0 Å². The van der Waals surface area contributed by atoms with Crippen LogP contribution in [-0.2, 0) is 21.8 Å². The molecule has 0 saturated carbocycles. The molecule has 1 atom stereocenters. The highest BCUT2D eigenvalue weighted by Gasteiger charge is 2.27. The Morgan fingerprint density at radius 2 is 1.86 bits per heavy atom. The minimum absolute atomic E-state index is 0.0564. The Morgan fingerprint density at radius 3 is 2.39 bits per heavy atom. The monoisotopic (exact) mass is 407 g/mol. The quantitative estimate of drug-likeness (QED) is 0.760. The first-order chi connectivity index (χ1) is 13.3. The number of nitrogens with zero attached hydrogens (tertiary/aromatic N) is 2. The molecule has 2 aromatic rings. The second-order valence-corrected chi connectivity index (χ2v) is 8.92. The lowest BCUT2D eigenvalue weighted by Gasteiger charge is -2.34. The van der Waals surface area contributed by atoms with E-state index in [4.69, 9.17) is 9.47 Å². The molecule has 0 spiro atoms. The summed E-state index contributed by atoms with van der Waals surface area (Å²) in [6.45, 7) is 6.87. The van der Waals surface area contributed by atoms with Crippen molar-refractivity contribution >= 4 is 10.0 Å². The van der Waals surface area contributed by atoms with Gasteiger partial charge in [0.1, 0.15) is 5.75 Å². The van der Waals surface area contributed by atoms with Crippen molar-refractivity contribution in [3.8, 4) is 5.75 Å². The number of ether oxygens (including phenoxy) is 2. The van der Waals surface area contributed by atoms with Crippen LogP contribution in [0, 0.1) is 13.8 Å². The third kappa shape index (κ3) is 4.41. The summed E-state index contributed by atoms with van der Waals surface area (Å²) < 4.78 is 41.6. The highest BCUT2D eigenvalue weighted by atomic mass is 32.2. The smallest absolute Gasteiger partial charge is 0.240 e. The molecule has 0 bridgehead atoms. The maximum Gasteiger partial charge on any atom is 0.240 e. The number of hydrogen-bond donors (Lipinski definition) is 1. The molecule has 1 fully saturated rings. The number of rotatable bonds is 7. The van der Waals surface area contributed by atoms with Gasteiger partial charge in [0.25, 0.3) is 0 Å². The predicted molar refractivity (Wildman–Crippen MR) is 108 cm³/mol. The van der Waals surface area contributed by atoms with Crippen LogP contribution < -0.4 is 9.46 Å². The fraction of sp³-hybridized carbons (Fsp3) is 0.500. The second kappa shape index (κ2) is 8.65. The average Bonchev–Trinajstić information content (AvgIpc) is 3.08. The number of aryl methyl sites for hydroxylation is 3. The Labute approximate surface area is 167 Å². The molecule has 1 aliphatic rings. The van der Waals surface area contributed by atoms with E-state index in [9.17, 15) is 8.42 Å². The number of benzene rings is 1. The van der Waals surface area contributed by atoms with E-state index in [1.54, 1.807) is 19.2 Å². The van der Waals surface area contributed by atoms with Crippen molar-refractivity contribution < 1.29 is 17.9 Å². The van der Waals surface area contributed by atoms with Crippen molar-refractivity contribution in [1.82, 2.24) is 14.2 Å². The van der Waals surface area contributed by atoms with E-state index >= 15 is 0 Å².